The van der Waals surface area contributed by atoms with Gasteiger partial charge in [0.15, 0.2) is 0 Å². The number of ether oxygens (including phenoxy) is 2. The molecule has 3 heterocycles. The summed E-state index contributed by atoms with van der Waals surface area (Å²) in [6, 6.07) is 0. The lowest BCUT2D eigenvalue weighted by molar-refractivity contribution is -0.139. The molecule has 3 unspecified atom stereocenters. The molecule has 3 rings (SSSR count). The van der Waals surface area contributed by atoms with E-state index in [1.165, 1.54) is 0 Å². The second-order valence-electron chi connectivity index (χ2n) is 6.56. The predicted octanol–water partition coefficient (Wildman–Crippen LogP) is 1.17. The van der Waals surface area contributed by atoms with Crippen LogP contribution >= 0.6 is 0 Å². The van der Waals surface area contributed by atoms with Gasteiger partial charge in [-0.15, -0.1) is 0 Å². The average molecular weight is 296 g/mol. The Morgan fingerprint density at radius 2 is 1.67 bits per heavy atom. The SMILES string of the molecule is O=C(C1CCCNC1)N(CC1CCCO1)CC1CCCO1. The zero-order chi connectivity index (χ0) is 14.5. The third-order valence-corrected chi connectivity index (χ3v) is 4.85. The summed E-state index contributed by atoms with van der Waals surface area (Å²) in [5, 5.41) is 3.35. The molecule has 0 bridgehead atoms. The molecule has 0 saturated carbocycles. The fraction of sp³-hybridized carbons (Fsp3) is 0.938. The van der Waals surface area contributed by atoms with E-state index >= 15 is 0 Å². The zero-order valence-electron chi connectivity index (χ0n) is 12.9. The molecule has 1 amide bonds. The highest BCUT2D eigenvalue weighted by atomic mass is 16.5. The molecule has 0 aromatic carbocycles. The number of hydrogen-bond acceptors (Lipinski definition) is 4. The number of rotatable bonds is 5. The third-order valence-electron chi connectivity index (χ3n) is 4.85. The Labute approximate surface area is 127 Å². The lowest BCUT2D eigenvalue weighted by Crippen LogP contribution is -2.48. The van der Waals surface area contributed by atoms with E-state index in [4.69, 9.17) is 9.47 Å². The van der Waals surface area contributed by atoms with Gasteiger partial charge in [-0.25, -0.2) is 0 Å². The van der Waals surface area contributed by atoms with Gasteiger partial charge < -0.3 is 19.7 Å². The molecular formula is C16H28N2O3. The number of nitrogens with zero attached hydrogens (tertiary/aromatic N) is 1. The van der Waals surface area contributed by atoms with Crippen molar-refractivity contribution in [2.45, 2.75) is 50.7 Å². The first-order valence-corrected chi connectivity index (χ1v) is 8.55. The maximum Gasteiger partial charge on any atom is 0.227 e. The molecule has 3 saturated heterocycles. The molecule has 3 atom stereocenters. The Bertz CT molecular complexity index is 314. The molecule has 5 heteroatoms. The van der Waals surface area contributed by atoms with Crippen molar-refractivity contribution in [3.05, 3.63) is 0 Å². The van der Waals surface area contributed by atoms with Crippen molar-refractivity contribution in [3.63, 3.8) is 0 Å². The van der Waals surface area contributed by atoms with Gasteiger partial charge in [-0.2, -0.15) is 0 Å². The van der Waals surface area contributed by atoms with E-state index in [2.05, 4.69) is 5.32 Å². The van der Waals surface area contributed by atoms with Crippen molar-refractivity contribution < 1.29 is 14.3 Å². The monoisotopic (exact) mass is 296 g/mol. The first-order chi connectivity index (χ1) is 10.3. The fourth-order valence-corrected chi connectivity index (χ4v) is 3.64. The van der Waals surface area contributed by atoms with Gasteiger partial charge in [0.2, 0.25) is 5.91 Å². The smallest absolute Gasteiger partial charge is 0.227 e. The predicted molar refractivity (Wildman–Crippen MR) is 80.1 cm³/mol. The number of carbonyl (C=O) groups excluding carboxylic acids is 1. The Hall–Kier alpha value is -0.650. The van der Waals surface area contributed by atoms with E-state index in [-0.39, 0.29) is 18.1 Å². The van der Waals surface area contributed by atoms with E-state index in [0.717, 1.165) is 77.9 Å². The van der Waals surface area contributed by atoms with Crippen LogP contribution in [0.2, 0.25) is 0 Å². The van der Waals surface area contributed by atoms with Gasteiger partial charge in [0, 0.05) is 32.8 Å². The molecule has 0 aromatic rings. The van der Waals surface area contributed by atoms with Gasteiger partial charge in [-0.3, -0.25) is 4.79 Å². The molecule has 1 N–H and O–H groups in total. The van der Waals surface area contributed by atoms with Crippen molar-refractivity contribution >= 4 is 5.91 Å². The van der Waals surface area contributed by atoms with Crippen LogP contribution in [0.15, 0.2) is 0 Å². The standard InChI is InChI=1S/C16H28N2O3/c19-16(13-4-1-7-17-10-13)18(11-14-5-2-8-20-14)12-15-6-3-9-21-15/h13-15,17H,1-12H2. The minimum absolute atomic E-state index is 0.140. The van der Waals surface area contributed by atoms with Crippen LogP contribution in [0.4, 0.5) is 0 Å². The van der Waals surface area contributed by atoms with Gasteiger partial charge in [0.05, 0.1) is 18.1 Å². The second kappa shape index (κ2) is 7.56. The largest absolute Gasteiger partial charge is 0.376 e. The van der Waals surface area contributed by atoms with Crippen LogP contribution < -0.4 is 5.32 Å². The Morgan fingerprint density at radius 3 is 2.14 bits per heavy atom. The van der Waals surface area contributed by atoms with Crippen LogP contribution in [0, 0.1) is 5.92 Å². The Balaban J connectivity index is 1.59. The van der Waals surface area contributed by atoms with E-state index in [9.17, 15) is 4.79 Å². The summed E-state index contributed by atoms with van der Waals surface area (Å²) in [5.74, 6) is 0.440. The van der Waals surface area contributed by atoms with Crippen LogP contribution in [0.5, 0.6) is 0 Å². The Morgan fingerprint density at radius 1 is 1.00 bits per heavy atom. The van der Waals surface area contributed by atoms with Crippen LogP contribution in [0.1, 0.15) is 38.5 Å². The van der Waals surface area contributed by atoms with E-state index < -0.39 is 0 Å². The van der Waals surface area contributed by atoms with Gasteiger partial charge in [-0.1, -0.05) is 0 Å². The molecule has 3 aliphatic heterocycles. The normalized spacial score (nSPS) is 33.2. The quantitative estimate of drug-likeness (QED) is 0.827. The summed E-state index contributed by atoms with van der Waals surface area (Å²) in [5.41, 5.74) is 0. The van der Waals surface area contributed by atoms with Crippen LogP contribution in [0.3, 0.4) is 0 Å². The van der Waals surface area contributed by atoms with Crippen molar-refractivity contribution in [1.82, 2.24) is 10.2 Å². The van der Waals surface area contributed by atoms with Crippen molar-refractivity contribution in [1.29, 1.82) is 0 Å². The second-order valence-corrected chi connectivity index (χ2v) is 6.56. The number of nitrogens with one attached hydrogen (secondary N) is 1. The number of amides is 1. The van der Waals surface area contributed by atoms with Crippen molar-refractivity contribution in [3.8, 4) is 0 Å². The number of piperidine rings is 1. The molecule has 120 valence electrons. The summed E-state index contributed by atoms with van der Waals surface area (Å²) in [7, 11) is 0. The van der Waals surface area contributed by atoms with Crippen molar-refractivity contribution in [2.24, 2.45) is 5.92 Å². The maximum absolute atomic E-state index is 12.8. The molecule has 0 aromatic heterocycles. The minimum atomic E-state index is 0.140. The van der Waals surface area contributed by atoms with Crippen LogP contribution in [0.25, 0.3) is 0 Å². The summed E-state index contributed by atoms with van der Waals surface area (Å²) < 4.78 is 11.5. The molecular weight excluding hydrogens is 268 g/mol. The van der Waals surface area contributed by atoms with Gasteiger partial charge in [-0.05, 0) is 45.1 Å². The van der Waals surface area contributed by atoms with E-state index in [0.29, 0.717) is 5.91 Å². The Kier molecular flexibility index (Phi) is 5.49. The number of carbonyl (C=O) groups is 1. The van der Waals surface area contributed by atoms with Crippen molar-refractivity contribution in [2.75, 3.05) is 39.4 Å². The van der Waals surface area contributed by atoms with E-state index in [1.54, 1.807) is 0 Å². The summed E-state index contributed by atoms with van der Waals surface area (Å²) in [6.45, 7) is 5.05. The summed E-state index contributed by atoms with van der Waals surface area (Å²) in [6.07, 6.45) is 6.98. The molecule has 0 aliphatic carbocycles. The van der Waals surface area contributed by atoms with Gasteiger partial charge >= 0.3 is 0 Å². The van der Waals surface area contributed by atoms with Gasteiger partial charge in [0.1, 0.15) is 0 Å². The summed E-state index contributed by atoms with van der Waals surface area (Å²) in [4.78, 5) is 14.9. The topological polar surface area (TPSA) is 50.8 Å². The molecule has 3 fully saturated rings. The van der Waals surface area contributed by atoms with Crippen LogP contribution in [-0.4, -0.2) is 62.4 Å². The molecule has 21 heavy (non-hydrogen) atoms. The highest BCUT2D eigenvalue weighted by Crippen LogP contribution is 2.20. The van der Waals surface area contributed by atoms with E-state index in [1.807, 2.05) is 4.90 Å². The first-order valence-electron chi connectivity index (χ1n) is 8.55. The summed E-state index contributed by atoms with van der Waals surface area (Å²) >= 11 is 0. The number of hydrogen-bond donors (Lipinski definition) is 1. The maximum atomic E-state index is 12.8. The molecule has 0 radical (unpaired) electrons. The lowest BCUT2D eigenvalue weighted by Gasteiger charge is -2.32. The zero-order valence-corrected chi connectivity index (χ0v) is 12.9. The minimum Gasteiger partial charge on any atom is -0.376 e. The highest BCUT2D eigenvalue weighted by Gasteiger charge is 2.31. The molecule has 5 nitrogen and oxygen atoms in total. The fourth-order valence-electron chi connectivity index (χ4n) is 3.64. The average Bonchev–Trinajstić information content (AvgIpc) is 3.20. The third kappa shape index (κ3) is 4.18. The van der Waals surface area contributed by atoms with Gasteiger partial charge in [0.25, 0.3) is 0 Å². The first kappa shape index (κ1) is 15.3. The molecule has 0 spiro atoms. The highest BCUT2D eigenvalue weighted by molar-refractivity contribution is 5.79. The lowest BCUT2D eigenvalue weighted by atomic mass is 9.97. The van der Waals surface area contributed by atoms with Crippen LogP contribution in [-0.2, 0) is 14.3 Å². The molecule has 3 aliphatic rings.